The molecule has 25 heavy (non-hydrogen) atoms. The molecule has 0 atom stereocenters. The smallest absolute Gasteiger partial charge is 0.339 e. The third-order valence-electron chi connectivity index (χ3n) is 2.52. The summed E-state index contributed by atoms with van der Waals surface area (Å²) >= 11 is 12.3. The van der Waals surface area contributed by atoms with Crippen molar-refractivity contribution < 1.29 is 47.1 Å². The number of carbonyl (C=O) groups is 2. The zero-order valence-electron chi connectivity index (χ0n) is 11.7. The molecule has 2 rings (SSSR count). The summed E-state index contributed by atoms with van der Waals surface area (Å²) < 4.78 is 1.91. The normalized spacial score (nSPS) is 9.44. The summed E-state index contributed by atoms with van der Waals surface area (Å²) in [5.41, 5.74) is -0.257. The van der Waals surface area contributed by atoms with Crippen LogP contribution in [0.5, 0.6) is 11.5 Å². The van der Waals surface area contributed by atoms with E-state index in [2.05, 4.69) is 63.7 Å². The molecule has 0 aliphatic rings. The number of hydrogen-bond acceptors (Lipinski definition) is 4. The van der Waals surface area contributed by atoms with Crippen LogP contribution >= 0.6 is 63.7 Å². The Morgan fingerprint density at radius 3 is 1.20 bits per heavy atom. The minimum atomic E-state index is -1.16. The van der Waals surface area contributed by atoms with Gasteiger partial charge in [0.25, 0.3) is 0 Å². The third kappa shape index (κ3) is 6.91. The van der Waals surface area contributed by atoms with E-state index in [1.807, 2.05) is 0 Å². The van der Waals surface area contributed by atoms with E-state index in [9.17, 15) is 19.8 Å². The molecule has 0 heterocycles. The summed E-state index contributed by atoms with van der Waals surface area (Å²) in [5.74, 6) is -2.83. The van der Waals surface area contributed by atoms with Gasteiger partial charge in [-0.3, -0.25) is 0 Å². The second kappa shape index (κ2) is 10.5. The van der Waals surface area contributed by atoms with Crippen LogP contribution in [0.25, 0.3) is 0 Å². The largest absolute Gasteiger partial charge is 0.506 e. The number of halogens is 4. The molecule has 1 radical (unpaired) electrons. The van der Waals surface area contributed by atoms with Crippen LogP contribution in [0.1, 0.15) is 20.7 Å². The maximum Gasteiger partial charge on any atom is 0.339 e. The standard InChI is InChI=1S/2C7H4Br2O3.Cu/c2*8-3-1-4(7(11)12)6(10)5(9)2-3;/h2*1-2,10H,(H,11,12);. The first-order valence-corrected chi connectivity index (χ1v) is 9.04. The van der Waals surface area contributed by atoms with E-state index in [4.69, 9.17) is 10.2 Å². The molecular weight excluding hydrogens is 647 g/mol. The molecule has 0 spiro atoms. The van der Waals surface area contributed by atoms with Crippen molar-refractivity contribution in [2.45, 2.75) is 0 Å². The van der Waals surface area contributed by atoms with Crippen LogP contribution in [0, 0.1) is 0 Å². The summed E-state index contributed by atoms with van der Waals surface area (Å²) in [7, 11) is 0. The fourth-order valence-electron chi connectivity index (χ4n) is 1.46. The number of hydrogen-bond donors (Lipinski definition) is 4. The topological polar surface area (TPSA) is 115 Å². The monoisotopic (exact) mass is 651 g/mol. The molecule has 0 aliphatic carbocycles. The van der Waals surface area contributed by atoms with Crippen molar-refractivity contribution in [1.82, 2.24) is 0 Å². The summed E-state index contributed by atoms with van der Waals surface area (Å²) in [5, 5.41) is 35.7. The van der Waals surface area contributed by atoms with Gasteiger partial charge in [-0.05, 0) is 56.1 Å². The molecule has 6 nitrogen and oxygen atoms in total. The van der Waals surface area contributed by atoms with Gasteiger partial charge >= 0.3 is 11.9 Å². The van der Waals surface area contributed by atoms with E-state index in [-0.39, 0.29) is 39.7 Å². The van der Waals surface area contributed by atoms with Gasteiger partial charge in [-0.2, -0.15) is 0 Å². The van der Waals surface area contributed by atoms with E-state index >= 15 is 0 Å². The van der Waals surface area contributed by atoms with Gasteiger partial charge in [-0.15, -0.1) is 0 Å². The maximum absolute atomic E-state index is 10.5. The van der Waals surface area contributed by atoms with E-state index in [1.165, 1.54) is 12.1 Å². The van der Waals surface area contributed by atoms with Gasteiger partial charge in [0.05, 0.1) is 8.95 Å². The SMILES string of the molecule is O=C(O)c1cc(Br)cc(Br)c1O.O=C(O)c1cc(Br)cc(Br)c1O.[Cu]. The van der Waals surface area contributed by atoms with Crippen LogP contribution in [0.4, 0.5) is 0 Å². The first-order valence-electron chi connectivity index (χ1n) is 5.87. The fourth-order valence-corrected chi connectivity index (χ4v) is 3.91. The van der Waals surface area contributed by atoms with Crippen molar-refractivity contribution >= 4 is 75.7 Å². The number of phenols is 2. The zero-order valence-corrected chi connectivity index (χ0v) is 19.0. The molecular formula is C14H8Br4CuO6. The van der Waals surface area contributed by atoms with Crippen molar-refractivity contribution in [2.24, 2.45) is 0 Å². The summed E-state index contributed by atoms with van der Waals surface area (Å²) in [4.78, 5) is 21.0. The first-order chi connectivity index (χ1) is 11.0. The Labute approximate surface area is 186 Å². The Balaban J connectivity index is 0.000000443. The van der Waals surface area contributed by atoms with E-state index < -0.39 is 11.9 Å². The molecule has 2 aromatic rings. The summed E-state index contributed by atoms with van der Waals surface area (Å²) in [6.07, 6.45) is 0. The Morgan fingerprint density at radius 1 is 0.680 bits per heavy atom. The van der Waals surface area contributed by atoms with Crippen molar-refractivity contribution in [2.75, 3.05) is 0 Å². The Bertz CT molecular complexity index is 745. The Kier molecular flexibility index (Phi) is 10.3. The fraction of sp³-hybridized carbons (Fsp3) is 0. The van der Waals surface area contributed by atoms with Crippen LogP contribution in [0.15, 0.2) is 42.2 Å². The molecule has 11 heteroatoms. The zero-order chi connectivity index (χ0) is 18.6. The molecule has 0 unspecified atom stereocenters. The van der Waals surface area contributed by atoms with Crippen LogP contribution in [0.2, 0.25) is 0 Å². The molecule has 0 aliphatic heterocycles. The molecule has 0 saturated heterocycles. The Hall–Kier alpha value is -0.581. The number of rotatable bonds is 2. The van der Waals surface area contributed by atoms with Gasteiger partial charge in [0.2, 0.25) is 0 Å². The molecule has 0 bridgehead atoms. The molecule has 0 amide bonds. The second-order valence-electron chi connectivity index (χ2n) is 4.18. The van der Waals surface area contributed by atoms with Crippen molar-refractivity contribution in [3.8, 4) is 11.5 Å². The quantitative estimate of drug-likeness (QED) is 0.330. The third-order valence-corrected chi connectivity index (χ3v) is 4.64. The van der Waals surface area contributed by atoms with Gasteiger partial charge in [0.1, 0.15) is 22.6 Å². The molecule has 139 valence electrons. The predicted molar refractivity (Wildman–Crippen MR) is 101 cm³/mol. The second-order valence-corrected chi connectivity index (χ2v) is 7.72. The van der Waals surface area contributed by atoms with Gasteiger partial charge in [-0.1, -0.05) is 31.9 Å². The number of benzene rings is 2. The first kappa shape index (κ1) is 24.4. The molecule has 0 fully saturated rings. The maximum atomic E-state index is 10.5. The van der Waals surface area contributed by atoms with Crippen LogP contribution in [-0.2, 0) is 17.1 Å². The molecule has 2 aromatic carbocycles. The number of aromatic carboxylic acids is 2. The van der Waals surface area contributed by atoms with Gasteiger partial charge in [0.15, 0.2) is 0 Å². The summed E-state index contributed by atoms with van der Waals surface area (Å²) in [6, 6.07) is 5.81. The van der Waals surface area contributed by atoms with E-state index in [0.717, 1.165) is 0 Å². The van der Waals surface area contributed by atoms with E-state index in [1.54, 1.807) is 12.1 Å². The summed E-state index contributed by atoms with van der Waals surface area (Å²) in [6.45, 7) is 0. The molecule has 0 saturated carbocycles. The van der Waals surface area contributed by atoms with Crippen molar-refractivity contribution in [1.29, 1.82) is 0 Å². The average molecular weight is 655 g/mol. The minimum absolute atomic E-state index is 0. The number of carboxylic acids is 2. The minimum Gasteiger partial charge on any atom is -0.506 e. The molecule has 4 N–H and O–H groups in total. The van der Waals surface area contributed by atoms with Gasteiger partial charge < -0.3 is 20.4 Å². The number of carboxylic acid groups (broad SMARTS) is 2. The van der Waals surface area contributed by atoms with Gasteiger partial charge in [-0.25, -0.2) is 9.59 Å². The van der Waals surface area contributed by atoms with Crippen molar-refractivity contribution in [3.05, 3.63) is 53.3 Å². The van der Waals surface area contributed by atoms with Gasteiger partial charge in [0, 0.05) is 26.0 Å². The van der Waals surface area contributed by atoms with Crippen LogP contribution in [-0.4, -0.2) is 32.4 Å². The Morgan fingerprint density at radius 2 is 0.960 bits per heavy atom. The number of aromatic hydroxyl groups is 2. The van der Waals surface area contributed by atoms with Crippen LogP contribution in [0.3, 0.4) is 0 Å². The van der Waals surface area contributed by atoms with Crippen LogP contribution < -0.4 is 0 Å². The van der Waals surface area contributed by atoms with E-state index in [0.29, 0.717) is 17.9 Å². The molecule has 0 aromatic heterocycles. The average Bonchev–Trinajstić information content (AvgIpc) is 2.46. The predicted octanol–water partition coefficient (Wildman–Crippen LogP) is 5.23. The van der Waals surface area contributed by atoms with Crippen molar-refractivity contribution in [3.63, 3.8) is 0 Å².